The number of hydrogen-bond donors (Lipinski definition) is 0. The predicted octanol–water partition coefficient (Wildman–Crippen LogP) is 3.79. The van der Waals surface area contributed by atoms with E-state index in [0.29, 0.717) is 11.8 Å². The summed E-state index contributed by atoms with van der Waals surface area (Å²) in [6.07, 6.45) is 6.15. The van der Waals surface area contributed by atoms with E-state index < -0.39 is 0 Å². The maximum atomic E-state index is 4.38. The van der Waals surface area contributed by atoms with Gasteiger partial charge in [-0.05, 0) is 30.9 Å². The third-order valence-electron chi connectivity index (χ3n) is 2.83. The molecule has 1 unspecified atom stereocenters. The van der Waals surface area contributed by atoms with Crippen molar-refractivity contribution in [1.82, 2.24) is 4.98 Å². The number of pyridine rings is 1. The summed E-state index contributed by atoms with van der Waals surface area (Å²) in [5.74, 6) is 1.21. The Balaban J connectivity index is 2.56. The van der Waals surface area contributed by atoms with Gasteiger partial charge >= 0.3 is 0 Å². The van der Waals surface area contributed by atoms with Crippen molar-refractivity contribution >= 4 is 0 Å². The molecule has 0 aromatic carbocycles. The molecule has 0 spiro atoms. The van der Waals surface area contributed by atoms with Crippen LogP contribution in [0.25, 0.3) is 0 Å². The molecule has 2 atom stereocenters. The molecule has 0 radical (unpaired) electrons. The summed E-state index contributed by atoms with van der Waals surface area (Å²) in [5.41, 5.74) is 1.20. The molecule has 1 heterocycles. The molecule has 1 heteroatoms. The first-order valence-electron chi connectivity index (χ1n) is 5.27. The highest BCUT2D eigenvalue weighted by atomic mass is 14.7. The molecule has 0 fully saturated rings. The molecule has 1 aromatic rings. The summed E-state index contributed by atoms with van der Waals surface area (Å²) in [7, 11) is 0. The van der Waals surface area contributed by atoms with Crippen LogP contribution in [0.15, 0.2) is 37.1 Å². The molecular weight excluding hydrogens is 170 g/mol. The highest BCUT2D eigenvalue weighted by Crippen LogP contribution is 2.25. The fourth-order valence-electron chi connectivity index (χ4n) is 1.57. The first kappa shape index (κ1) is 11.0. The van der Waals surface area contributed by atoms with Gasteiger partial charge in [0.05, 0.1) is 0 Å². The van der Waals surface area contributed by atoms with Crippen LogP contribution in [0.1, 0.15) is 38.3 Å². The monoisotopic (exact) mass is 189 g/mol. The van der Waals surface area contributed by atoms with E-state index in [1.54, 1.807) is 0 Å². The summed E-state index contributed by atoms with van der Waals surface area (Å²) in [6.45, 7) is 8.28. The van der Waals surface area contributed by atoms with Crippen LogP contribution in [-0.2, 0) is 0 Å². The Morgan fingerprint density at radius 3 is 2.79 bits per heavy atom. The highest BCUT2D eigenvalue weighted by Gasteiger charge is 2.13. The van der Waals surface area contributed by atoms with Crippen molar-refractivity contribution < 1.29 is 0 Å². The van der Waals surface area contributed by atoms with Gasteiger partial charge in [0.1, 0.15) is 0 Å². The predicted molar refractivity (Wildman–Crippen MR) is 61.2 cm³/mol. The first-order chi connectivity index (χ1) is 6.75. The van der Waals surface area contributed by atoms with Gasteiger partial charge in [0.25, 0.3) is 0 Å². The molecule has 0 aliphatic rings. The summed E-state index contributed by atoms with van der Waals surface area (Å²) in [4.78, 5) is 4.38. The lowest BCUT2D eigenvalue weighted by atomic mass is 9.89. The normalized spacial score (nSPS) is 14.7. The number of allylic oxidation sites excluding steroid dienone is 1. The molecule has 0 saturated carbocycles. The minimum absolute atomic E-state index is 0.538. The van der Waals surface area contributed by atoms with Gasteiger partial charge in [0, 0.05) is 17.8 Å². The summed E-state index contributed by atoms with van der Waals surface area (Å²) < 4.78 is 0. The Kier molecular flexibility index (Phi) is 4.37. The van der Waals surface area contributed by atoms with Crippen LogP contribution in [0.3, 0.4) is 0 Å². The van der Waals surface area contributed by atoms with Crippen LogP contribution in [0.5, 0.6) is 0 Å². The Morgan fingerprint density at radius 2 is 2.21 bits per heavy atom. The Bertz CT molecular complexity index is 266. The van der Waals surface area contributed by atoms with E-state index in [2.05, 4.69) is 37.5 Å². The van der Waals surface area contributed by atoms with Gasteiger partial charge in [0.2, 0.25) is 0 Å². The molecule has 14 heavy (non-hydrogen) atoms. The molecule has 0 N–H and O–H groups in total. The van der Waals surface area contributed by atoms with Gasteiger partial charge in [0.15, 0.2) is 0 Å². The topological polar surface area (TPSA) is 12.9 Å². The second-order valence-corrected chi connectivity index (χ2v) is 3.89. The number of rotatable bonds is 5. The minimum atomic E-state index is 0.538. The van der Waals surface area contributed by atoms with E-state index in [-0.39, 0.29) is 0 Å². The zero-order valence-corrected chi connectivity index (χ0v) is 9.11. The standard InChI is InChI=1S/C13H19N/c1-4-5-8-11(2)12(3)13-9-6-7-10-14-13/h4,6-7,9-12H,1,5,8H2,2-3H3/t11-,12?/m1/s1. The van der Waals surface area contributed by atoms with Crippen LogP contribution in [0, 0.1) is 5.92 Å². The van der Waals surface area contributed by atoms with E-state index in [1.807, 2.05) is 18.3 Å². The van der Waals surface area contributed by atoms with Gasteiger partial charge in [-0.3, -0.25) is 4.98 Å². The maximum absolute atomic E-state index is 4.38. The summed E-state index contributed by atoms with van der Waals surface area (Å²) in [5, 5.41) is 0. The molecule has 1 nitrogen and oxygen atoms in total. The highest BCUT2D eigenvalue weighted by molar-refractivity contribution is 5.09. The number of nitrogens with zero attached hydrogens (tertiary/aromatic N) is 1. The fourth-order valence-corrected chi connectivity index (χ4v) is 1.57. The van der Waals surface area contributed by atoms with Crippen molar-refractivity contribution in [2.75, 3.05) is 0 Å². The molecule has 1 aromatic heterocycles. The number of hydrogen-bond acceptors (Lipinski definition) is 1. The SMILES string of the molecule is C=CCC[C@@H](C)C(C)c1ccccn1. The van der Waals surface area contributed by atoms with Crippen molar-refractivity contribution in [3.05, 3.63) is 42.7 Å². The number of aromatic nitrogens is 1. The molecule has 0 amide bonds. The molecule has 0 aliphatic heterocycles. The van der Waals surface area contributed by atoms with Crippen molar-refractivity contribution in [2.45, 2.75) is 32.6 Å². The van der Waals surface area contributed by atoms with Crippen LogP contribution in [-0.4, -0.2) is 4.98 Å². The van der Waals surface area contributed by atoms with Gasteiger partial charge in [-0.15, -0.1) is 6.58 Å². The summed E-state index contributed by atoms with van der Waals surface area (Å²) in [6, 6.07) is 6.12. The van der Waals surface area contributed by atoms with E-state index in [4.69, 9.17) is 0 Å². The summed E-state index contributed by atoms with van der Waals surface area (Å²) >= 11 is 0. The molecular formula is C13H19N. The van der Waals surface area contributed by atoms with Crippen molar-refractivity contribution in [3.63, 3.8) is 0 Å². The lowest BCUT2D eigenvalue weighted by molar-refractivity contribution is 0.449. The van der Waals surface area contributed by atoms with E-state index in [1.165, 1.54) is 12.1 Å². The second-order valence-electron chi connectivity index (χ2n) is 3.89. The molecule has 0 saturated heterocycles. The van der Waals surface area contributed by atoms with Crippen LogP contribution in [0.4, 0.5) is 0 Å². The van der Waals surface area contributed by atoms with E-state index in [0.717, 1.165) is 6.42 Å². The smallest absolute Gasteiger partial charge is 0.0434 e. The van der Waals surface area contributed by atoms with Gasteiger partial charge in [-0.1, -0.05) is 26.0 Å². The fraction of sp³-hybridized carbons (Fsp3) is 0.462. The van der Waals surface area contributed by atoms with Crippen molar-refractivity contribution in [2.24, 2.45) is 5.92 Å². The average Bonchev–Trinajstić information content (AvgIpc) is 2.26. The van der Waals surface area contributed by atoms with Crippen molar-refractivity contribution in [1.29, 1.82) is 0 Å². The van der Waals surface area contributed by atoms with Gasteiger partial charge < -0.3 is 0 Å². The lowest BCUT2D eigenvalue weighted by Crippen LogP contribution is -2.07. The molecule has 76 valence electrons. The zero-order valence-electron chi connectivity index (χ0n) is 9.11. The van der Waals surface area contributed by atoms with Gasteiger partial charge in [-0.25, -0.2) is 0 Å². The van der Waals surface area contributed by atoms with Crippen LogP contribution >= 0.6 is 0 Å². The molecule has 0 bridgehead atoms. The Labute approximate surface area is 86.9 Å². The quantitative estimate of drug-likeness (QED) is 0.642. The third kappa shape index (κ3) is 2.99. The molecule has 0 aliphatic carbocycles. The molecule has 1 rings (SSSR count). The van der Waals surface area contributed by atoms with E-state index >= 15 is 0 Å². The Morgan fingerprint density at radius 1 is 1.43 bits per heavy atom. The van der Waals surface area contributed by atoms with Crippen molar-refractivity contribution in [3.8, 4) is 0 Å². The lowest BCUT2D eigenvalue weighted by Gasteiger charge is -2.18. The average molecular weight is 189 g/mol. The second kappa shape index (κ2) is 5.58. The van der Waals surface area contributed by atoms with Crippen LogP contribution < -0.4 is 0 Å². The largest absolute Gasteiger partial charge is 0.261 e. The zero-order chi connectivity index (χ0) is 10.4. The first-order valence-corrected chi connectivity index (χ1v) is 5.27. The Hall–Kier alpha value is -1.11. The maximum Gasteiger partial charge on any atom is 0.0434 e. The minimum Gasteiger partial charge on any atom is -0.261 e. The third-order valence-corrected chi connectivity index (χ3v) is 2.83. The van der Waals surface area contributed by atoms with Crippen LogP contribution in [0.2, 0.25) is 0 Å². The van der Waals surface area contributed by atoms with E-state index in [9.17, 15) is 0 Å². The van der Waals surface area contributed by atoms with Gasteiger partial charge in [-0.2, -0.15) is 0 Å².